The lowest BCUT2D eigenvalue weighted by Gasteiger charge is -1.98. The molecular weight excluding hydrogens is 220 g/mol. The second-order valence-corrected chi connectivity index (χ2v) is 4.82. The lowest BCUT2D eigenvalue weighted by atomic mass is 10.4. The van der Waals surface area contributed by atoms with Crippen LogP contribution in [0, 0.1) is 11.8 Å². The Morgan fingerprint density at radius 3 is 2.36 bits per heavy atom. The zero-order valence-electron chi connectivity index (χ0n) is 7.40. The van der Waals surface area contributed by atoms with E-state index in [4.69, 9.17) is 11.6 Å². The summed E-state index contributed by atoms with van der Waals surface area (Å²) in [6, 6.07) is 8.24. The summed E-state index contributed by atoms with van der Waals surface area (Å²) in [5.41, 5.74) is 0. The normalized spacial score (nSPS) is 10.4. The van der Waals surface area contributed by atoms with E-state index < -0.39 is 9.84 Å². The van der Waals surface area contributed by atoms with Crippen LogP contribution < -0.4 is 0 Å². The zero-order valence-corrected chi connectivity index (χ0v) is 8.98. The standard InChI is InChI=1S/C10H9ClO2S/c11-8-4-5-9-14(12,13)10-6-2-1-3-7-10/h1-3,6-7H,8-9H2. The Labute approximate surface area is 88.8 Å². The fraction of sp³-hybridized carbons (Fsp3) is 0.200. The van der Waals surface area contributed by atoms with E-state index in [1.54, 1.807) is 30.3 Å². The first-order chi connectivity index (χ1) is 6.67. The second kappa shape index (κ2) is 5.04. The molecule has 74 valence electrons. The Morgan fingerprint density at radius 2 is 1.79 bits per heavy atom. The third-order valence-electron chi connectivity index (χ3n) is 1.56. The van der Waals surface area contributed by atoms with Crippen molar-refractivity contribution >= 4 is 21.4 Å². The smallest absolute Gasteiger partial charge is 0.189 e. The highest BCUT2D eigenvalue weighted by Gasteiger charge is 2.10. The maximum absolute atomic E-state index is 11.6. The van der Waals surface area contributed by atoms with Crippen molar-refractivity contribution in [3.8, 4) is 11.8 Å². The monoisotopic (exact) mass is 228 g/mol. The lowest BCUT2D eigenvalue weighted by molar-refractivity contribution is 0.599. The van der Waals surface area contributed by atoms with Gasteiger partial charge in [0.05, 0.1) is 10.8 Å². The highest BCUT2D eigenvalue weighted by molar-refractivity contribution is 7.91. The van der Waals surface area contributed by atoms with Crippen LogP contribution in [-0.2, 0) is 9.84 Å². The Hall–Kier alpha value is -0.980. The average molecular weight is 229 g/mol. The molecule has 2 nitrogen and oxygen atoms in total. The van der Waals surface area contributed by atoms with E-state index in [9.17, 15) is 8.42 Å². The summed E-state index contributed by atoms with van der Waals surface area (Å²) in [5.74, 6) is 4.99. The highest BCUT2D eigenvalue weighted by atomic mass is 35.5. The molecule has 0 aliphatic heterocycles. The van der Waals surface area contributed by atoms with E-state index in [1.165, 1.54) is 0 Å². The largest absolute Gasteiger partial charge is 0.223 e. The fourth-order valence-electron chi connectivity index (χ4n) is 0.904. The van der Waals surface area contributed by atoms with E-state index >= 15 is 0 Å². The number of rotatable bonds is 2. The Balaban J connectivity index is 2.87. The summed E-state index contributed by atoms with van der Waals surface area (Å²) in [6.45, 7) is 0. The van der Waals surface area contributed by atoms with Crippen molar-refractivity contribution in [1.82, 2.24) is 0 Å². The van der Waals surface area contributed by atoms with Gasteiger partial charge in [-0.15, -0.1) is 11.6 Å². The van der Waals surface area contributed by atoms with Crippen molar-refractivity contribution < 1.29 is 8.42 Å². The quantitative estimate of drug-likeness (QED) is 0.571. The third kappa shape index (κ3) is 3.06. The molecule has 14 heavy (non-hydrogen) atoms. The molecule has 0 saturated carbocycles. The molecular formula is C10H9ClO2S. The molecule has 0 spiro atoms. The number of hydrogen-bond acceptors (Lipinski definition) is 2. The minimum atomic E-state index is -3.26. The molecule has 0 aromatic heterocycles. The van der Waals surface area contributed by atoms with E-state index in [1.807, 2.05) is 0 Å². The number of hydrogen-bond donors (Lipinski definition) is 0. The highest BCUT2D eigenvalue weighted by Crippen LogP contribution is 2.08. The molecule has 0 bridgehead atoms. The van der Waals surface area contributed by atoms with Crippen molar-refractivity contribution in [2.75, 3.05) is 11.6 Å². The molecule has 1 aromatic rings. The SMILES string of the molecule is O=S(=O)(CC#CCCl)c1ccccc1. The molecule has 0 fully saturated rings. The van der Waals surface area contributed by atoms with Crippen molar-refractivity contribution in [3.05, 3.63) is 30.3 Å². The number of benzene rings is 1. The summed E-state index contributed by atoms with van der Waals surface area (Å²) in [5, 5.41) is 0. The zero-order chi connectivity index (χ0) is 10.4. The van der Waals surface area contributed by atoms with Gasteiger partial charge in [-0.05, 0) is 12.1 Å². The summed E-state index contributed by atoms with van der Waals surface area (Å²) < 4.78 is 23.1. The lowest BCUT2D eigenvalue weighted by Crippen LogP contribution is -2.04. The molecule has 0 atom stereocenters. The predicted octanol–water partition coefficient (Wildman–Crippen LogP) is 1.70. The van der Waals surface area contributed by atoms with Crippen LogP contribution in [0.3, 0.4) is 0 Å². The average Bonchev–Trinajstić information content (AvgIpc) is 2.19. The number of alkyl halides is 1. The van der Waals surface area contributed by atoms with Gasteiger partial charge in [-0.2, -0.15) is 0 Å². The molecule has 1 rings (SSSR count). The maximum Gasteiger partial charge on any atom is 0.189 e. The van der Waals surface area contributed by atoms with Gasteiger partial charge in [0.25, 0.3) is 0 Å². The molecule has 0 amide bonds. The molecule has 0 heterocycles. The minimum absolute atomic E-state index is 0.157. The number of sulfone groups is 1. The van der Waals surface area contributed by atoms with E-state index in [2.05, 4.69) is 11.8 Å². The molecule has 4 heteroatoms. The van der Waals surface area contributed by atoms with Crippen LogP contribution in [0.4, 0.5) is 0 Å². The molecule has 0 saturated heterocycles. The third-order valence-corrected chi connectivity index (χ3v) is 3.20. The van der Waals surface area contributed by atoms with E-state index in [0.29, 0.717) is 4.90 Å². The van der Waals surface area contributed by atoms with Gasteiger partial charge in [0, 0.05) is 0 Å². The van der Waals surface area contributed by atoms with Gasteiger partial charge >= 0.3 is 0 Å². The fourth-order valence-corrected chi connectivity index (χ4v) is 2.03. The Kier molecular flexibility index (Phi) is 3.99. The van der Waals surface area contributed by atoms with Crippen LogP contribution in [0.25, 0.3) is 0 Å². The van der Waals surface area contributed by atoms with Gasteiger partial charge in [-0.1, -0.05) is 30.0 Å². The molecule has 0 aliphatic rings. The summed E-state index contributed by atoms with van der Waals surface area (Å²) in [4.78, 5) is 0.295. The van der Waals surface area contributed by atoms with E-state index in [0.717, 1.165) is 0 Å². The van der Waals surface area contributed by atoms with Crippen molar-refractivity contribution in [3.63, 3.8) is 0 Å². The van der Waals surface area contributed by atoms with Gasteiger partial charge in [0.1, 0.15) is 5.75 Å². The Bertz CT molecular complexity index is 440. The molecule has 0 radical (unpaired) electrons. The topological polar surface area (TPSA) is 34.1 Å². The maximum atomic E-state index is 11.6. The van der Waals surface area contributed by atoms with Crippen molar-refractivity contribution in [1.29, 1.82) is 0 Å². The molecule has 0 N–H and O–H groups in total. The van der Waals surface area contributed by atoms with Crippen LogP contribution in [0.5, 0.6) is 0 Å². The molecule has 0 unspecified atom stereocenters. The predicted molar refractivity (Wildman–Crippen MR) is 57.0 cm³/mol. The molecule has 1 aromatic carbocycles. The molecule has 0 aliphatic carbocycles. The van der Waals surface area contributed by atoms with Gasteiger partial charge in [-0.25, -0.2) is 8.42 Å². The Morgan fingerprint density at radius 1 is 1.14 bits per heavy atom. The second-order valence-electron chi connectivity index (χ2n) is 2.56. The first-order valence-electron chi connectivity index (χ1n) is 3.96. The summed E-state index contributed by atoms with van der Waals surface area (Å²) in [6.07, 6.45) is 0. The van der Waals surface area contributed by atoms with E-state index in [-0.39, 0.29) is 11.6 Å². The van der Waals surface area contributed by atoms with Crippen LogP contribution in [-0.4, -0.2) is 20.1 Å². The number of halogens is 1. The minimum Gasteiger partial charge on any atom is -0.223 e. The van der Waals surface area contributed by atoms with Gasteiger partial charge in [-0.3, -0.25) is 0 Å². The summed E-state index contributed by atoms with van der Waals surface area (Å²) >= 11 is 5.31. The van der Waals surface area contributed by atoms with Crippen LogP contribution in [0.15, 0.2) is 35.2 Å². The van der Waals surface area contributed by atoms with Crippen LogP contribution >= 0.6 is 11.6 Å². The first-order valence-corrected chi connectivity index (χ1v) is 6.15. The van der Waals surface area contributed by atoms with Crippen molar-refractivity contribution in [2.24, 2.45) is 0 Å². The van der Waals surface area contributed by atoms with Gasteiger partial charge < -0.3 is 0 Å². The first kappa shape index (κ1) is 11.1. The van der Waals surface area contributed by atoms with Crippen LogP contribution in [0.2, 0.25) is 0 Å². The van der Waals surface area contributed by atoms with Crippen LogP contribution in [0.1, 0.15) is 0 Å². The summed E-state index contributed by atoms with van der Waals surface area (Å²) in [7, 11) is -3.26. The van der Waals surface area contributed by atoms with Crippen molar-refractivity contribution in [2.45, 2.75) is 4.90 Å². The van der Waals surface area contributed by atoms with Gasteiger partial charge in [0.2, 0.25) is 0 Å². The van der Waals surface area contributed by atoms with Gasteiger partial charge in [0.15, 0.2) is 9.84 Å².